The molecule has 0 saturated carbocycles. The fourth-order valence-electron chi connectivity index (χ4n) is 3.69. The monoisotopic (exact) mass is 491 g/mol. The average Bonchev–Trinajstić information content (AvgIpc) is 3.12. The van der Waals surface area contributed by atoms with Gasteiger partial charge in [-0.15, -0.1) is 0 Å². The number of fused-ring (bicyclic) bond motifs is 1. The highest BCUT2D eigenvalue weighted by Gasteiger charge is 2.18. The van der Waals surface area contributed by atoms with E-state index >= 15 is 0 Å². The van der Waals surface area contributed by atoms with Gasteiger partial charge in [0.15, 0.2) is 0 Å². The Morgan fingerprint density at radius 1 is 1.03 bits per heavy atom. The van der Waals surface area contributed by atoms with E-state index in [1.165, 1.54) is 5.56 Å². The third-order valence-corrected chi connectivity index (χ3v) is 5.66. The second-order valence-electron chi connectivity index (χ2n) is 8.17. The van der Waals surface area contributed by atoms with E-state index in [1.54, 1.807) is 6.07 Å². The summed E-state index contributed by atoms with van der Waals surface area (Å²) in [6.45, 7) is 5.18. The lowest BCUT2D eigenvalue weighted by Crippen LogP contribution is -2.19. The van der Waals surface area contributed by atoms with Crippen LogP contribution in [0.25, 0.3) is 16.9 Å². The van der Waals surface area contributed by atoms with Crippen LogP contribution >= 0.6 is 15.9 Å². The number of nitrogens with zero attached hydrogens (tertiary/aromatic N) is 3. The number of imidazole rings is 1. The molecular formula is C26H26BrN3O2. The van der Waals surface area contributed by atoms with Crippen molar-refractivity contribution in [3.8, 4) is 11.3 Å². The topological polar surface area (TPSA) is 46.8 Å². The van der Waals surface area contributed by atoms with Gasteiger partial charge in [-0.1, -0.05) is 58.4 Å². The molecule has 0 atom stereocenters. The van der Waals surface area contributed by atoms with Crippen molar-refractivity contribution >= 4 is 27.5 Å². The minimum Gasteiger partial charge on any atom is -0.459 e. The molecule has 164 valence electrons. The van der Waals surface area contributed by atoms with Gasteiger partial charge in [-0.3, -0.25) is 4.90 Å². The zero-order valence-corrected chi connectivity index (χ0v) is 20.0. The number of carbonyl (C=O) groups excluding carboxylic acids is 1. The Bertz CT molecular complexity index is 1220. The van der Waals surface area contributed by atoms with Crippen molar-refractivity contribution in [1.29, 1.82) is 0 Å². The van der Waals surface area contributed by atoms with Crippen molar-refractivity contribution in [3.05, 3.63) is 94.2 Å². The van der Waals surface area contributed by atoms with Crippen molar-refractivity contribution in [3.63, 3.8) is 0 Å². The number of halogens is 1. The van der Waals surface area contributed by atoms with Gasteiger partial charge in [0, 0.05) is 29.3 Å². The highest BCUT2D eigenvalue weighted by molar-refractivity contribution is 9.10. The molecule has 32 heavy (non-hydrogen) atoms. The molecule has 2 aromatic heterocycles. The lowest BCUT2D eigenvalue weighted by Gasteiger charge is -2.18. The summed E-state index contributed by atoms with van der Waals surface area (Å²) in [5.74, 6) is -0.329. The number of benzene rings is 2. The average molecular weight is 492 g/mol. The van der Waals surface area contributed by atoms with Crippen molar-refractivity contribution in [2.24, 2.45) is 0 Å². The molecule has 0 bridgehead atoms. The first-order chi connectivity index (χ1) is 15.4. The second-order valence-corrected chi connectivity index (χ2v) is 9.09. The minimum atomic E-state index is -0.329. The van der Waals surface area contributed by atoms with E-state index in [2.05, 4.69) is 64.3 Å². The first kappa shape index (κ1) is 22.2. The summed E-state index contributed by atoms with van der Waals surface area (Å²) in [5.41, 5.74) is 5.53. The van der Waals surface area contributed by atoms with Gasteiger partial charge in [-0.05, 0) is 50.7 Å². The normalized spacial score (nSPS) is 11.4. The maximum Gasteiger partial charge on any atom is 0.339 e. The van der Waals surface area contributed by atoms with Crippen molar-refractivity contribution in [2.75, 3.05) is 7.05 Å². The van der Waals surface area contributed by atoms with E-state index in [0.717, 1.165) is 33.6 Å². The molecule has 0 aliphatic heterocycles. The van der Waals surface area contributed by atoms with Crippen LogP contribution in [0.4, 0.5) is 0 Å². The number of rotatable bonds is 7. The van der Waals surface area contributed by atoms with E-state index in [0.29, 0.717) is 12.1 Å². The van der Waals surface area contributed by atoms with Crippen LogP contribution in [-0.2, 0) is 17.8 Å². The van der Waals surface area contributed by atoms with Crippen LogP contribution in [0.2, 0.25) is 0 Å². The predicted octanol–water partition coefficient (Wildman–Crippen LogP) is 5.96. The van der Waals surface area contributed by atoms with Gasteiger partial charge in [0.1, 0.15) is 5.65 Å². The minimum absolute atomic E-state index is 0.171. The third kappa shape index (κ3) is 5.09. The molecule has 0 radical (unpaired) electrons. The number of hydrogen-bond donors (Lipinski definition) is 0. The smallest absolute Gasteiger partial charge is 0.339 e. The fourth-order valence-corrected chi connectivity index (χ4v) is 3.96. The molecule has 4 rings (SSSR count). The molecule has 0 unspecified atom stereocenters. The Morgan fingerprint density at radius 2 is 1.75 bits per heavy atom. The standard InChI is InChI=1S/C26H26BrN3O2/c1-18(2)32-26(31)21-11-14-24-28-25(20-9-12-22(27)13-10-20)23(30(24)16-21)17-29(3)15-19-7-5-4-6-8-19/h4-14,16,18H,15,17H2,1-3H3. The van der Waals surface area contributed by atoms with E-state index in [1.807, 2.05) is 48.7 Å². The van der Waals surface area contributed by atoms with Gasteiger partial charge in [0.2, 0.25) is 0 Å². The number of ether oxygens (including phenoxy) is 1. The fraction of sp³-hybridized carbons (Fsp3) is 0.231. The summed E-state index contributed by atoms with van der Waals surface area (Å²) in [7, 11) is 2.09. The van der Waals surface area contributed by atoms with E-state index in [9.17, 15) is 4.79 Å². The molecule has 2 aromatic carbocycles. The Kier molecular flexibility index (Phi) is 6.72. The lowest BCUT2D eigenvalue weighted by atomic mass is 10.1. The summed E-state index contributed by atoms with van der Waals surface area (Å²) in [5, 5.41) is 0. The lowest BCUT2D eigenvalue weighted by molar-refractivity contribution is 0.0377. The van der Waals surface area contributed by atoms with Crippen LogP contribution < -0.4 is 0 Å². The first-order valence-electron chi connectivity index (χ1n) is 10.6. The van der Waals surface area contributed by atoms with Gasteiger partial charge >= 0.3 is 5.97 Å². The number of aromatic nitrogens is 2. The molecule has 5 nitrogen and oxygen atoms in total. The third-order valence-electron chi connectivity index (χ3n) is 5.13. The van der Waals surface area contributed by atoms with Crippen LogP contribution in [-0.4, -0.2) is 33.4 Å². The Morgan fingerprint density at radius 3 is 2.44 bits per heavy atom. The van der Waals surface area contributed by atoms with Gasteiger partial charge in [0.25, 0.3) is 0 Å². The molecule has 2 heterocycles. The Balaban J connectivity index is 1.75. The summed E-state index contributed by atoms with van der Waals surface area (Å²) in [6, 6.07) is 22.2. The number of pyridine rings is 1. The van der Waals surface area contributed by atoms with Gasteiger partial charge in [-0.25, -0.2) is 9.78 Å². The van der Waals surface area contributed by atoms with Crippen LogP contribution in [0.5, 0.6) is 0 Å². The number of carbonyl (C=O) groups is 1. The molecule has 0 aliphatic rings. The maximum atomic E-state index is 12.5. The molecule has 0 N–H and O–H groups in total. The maximum absolute atomic E-state index is 12.5. The quantitative estimate of drug-likeness (QED) is 0.299. The molecule has 0 saturated heterocycles. The van der Waals surface area contributed by atoms with Crippen molar-refractivity contribution in [2.45, 2.75) is 33.0 Å². The molecule has 0 aliphatic carbocycles. The Labute approximate surface area is 196 Å². The first-order valence-corrected chi connectivity index (χ1v) is 11.4. The summed E-state index contributed by atoms with van der Waals surface area (Å²) in [4.78, 5) is 19.7. The second kappa shape index (κ2) is 9.67. The largest absolute Gasteiger partial charge is 0.459 e. The summed E-state index contributed by atoms with van der Waals surface area (Å²) >= 11 is 3.51. The molecule has 0 amide bonds. The summed E-state index contributed by atoms with van der Waals surface area (Å²) < 4.78 is 8.43. The number of esters is 1. The zero-order valence-electron chi connectivity index (χ0n) is 18.5. The molecular weight excluding hydrogens is 466 g/mol. The molecule has 6 heteroatoms. The highest BCUT2D eigenvalue weighted by atomic mass is 79.9. The van der Waals surface area contributed by atoms with Crippen molar-refractivity contribution in [1.82, 2.24) is 14.3 Å². The molecule has 4 aromatic rings. The molecule has 0 fully saturated rings. The highest BCUT2D eigenvalue weighted by Crippen LogP contribution is 2.28. The summed E-state index contributed by atoms with van der Waals surface area (Å²) in [6.07, 6.45) is 1.66. The predicted molar refractivity (Wildman–Crippen MR) is 130 cm³/mol. The van der Waals surface area contributed by atoms with Crippen LogP contribution in [0.3, 0.4) is 0 Å². The van der Waals surface area contributed by atoms with E-state index < -0.39 is 0 Å². The Hall–Kier alpha value is -2.96. The van der Waals surface area contributed by atoms with Crippen LogP contribution in [0.1, 0.15) is 35.5 Å². The SMILES string of the molecule is CC(C)OC(=O)c1ccc2nc(-c3ccc(Br)cc3)c(CN(C)Cc3ccccc3)n2c1. The van der Waals surface area contributed by atoms with Crippen molar-refractivity contribution < 1.29 is 9.53 Å². The van der Waals surface area contributed by atoms with Gasteiger partial charge in [0.05, 0.1) is 23.1 Å². The molecule has 0 spiro atoms. The van der Waals surface area contributed by atoms with Crippen LogP contribution in [0.15, 0.2) is 77.4 Å². The van der Waals surface area contributed by atoms with E-state index in [-0.39, 0.29) is 12.1 Å². The van der Waals surface area contributed by atoms with Crippen LogP contribution in [0, 0.1) is 0 Å². The van der Waals surface area contributed by atoms with E-state index in [4.69, 9.17) is 9.72 Å². The zero-order chi connectivity index (χ0) is 22.7. The van der Waals surface area contributed by atoms with Gasteiger partial charge < -0.3 is 9.14 Å². The van der Waals surface area contributed by atoms with Gasteiger partial charge in [-0.2, -0.15) is 0 Å². The number of hydrogen-bond acceptors (Lipinski definition) is 4.